The molecule has 1 aromatic rings. The average molecular weight is 260 g/mol. The molecule has 0 aliphatic rings. The van der Waals surface area contributed by atoms with Gasteiger partial charge in [-0.05, 0) is 25.1 Å². The number of sulfonamides is 1. The second-order valence-electron chi connectivity index (χ2n) is 3.40. The Morgan fingerprint density at radius 1 is 1.17 bits per heavy atom. The number of benzene rings is 1. The summed E-state index contributed by atoms with van der Waals surface area (Å²) in [5.74, 6) is 0. The van der Waals surface area contributed by atoms with Crippen LogP contribution in [0.15, 0.2) is 18.2 Å². The summed E-state index contributed by atoms with van der Waals surface area (Å²) in [6.07, 6.45) is 0. The molecule has 90 valence electrons. The molecule has 1 unspecified atom stereocenters. The molecule has 7 heteroatoms. The molecule has 1 rings (SSSR count). The van der Waals surface area contributed by atoms with Crippen molar-refractivity contribution in [1.29, 1.82) is 15.8 Å². The maximum Gasteiger partial charge on any atom is 0.248 e. The summed E-state index contributed by atoms with van der Waals surface area (Å²) < 4.78 is 25.4. The van der Waals surface area contributed by atoms with Crippen molar-refractivity contribution >= 4 is 15.7 Å². The number of nitriles is 3. The highest BCUT2D eigenvalue weighted by atomic mass is 32.2. The first-order valence-electron chi connectivity index (χ1n) is 4.80. The number of nitrogens with one attached hydrogen (secondary N) is 1. The number of hydrogen-bond donors (Lipinski definition) is 1. The van der Waals surface area contributed by atoms with Crippen molar-refractivity contribution in [3.8, 4) is 18.2 Å². The molecular formula is C11H8N4O2S. The lowest BCUT2D eigenvalue weighted by atomic mass is 10.1. The van der Waals surface area contributed by atoms with Crippen molar-refractivity contribution in [3.63, 3.8) is 0 Å². The molecule has 1 atom stereocenters. The third-order valence-corrected chi connectivity index (χ3v) is 3.72. The van der Waals surface area contributed by atoms with E-state index in [2.05, 4.69) is 4.72 Å². The van der Waals surface area contributed by atoms with Crippen LogP contribution in [-0.2, 0) is 10.0 Å². The third kappa shape index (κ3) is 2.76. The summed E-state index contributed by atoms with van der Waals surface area (Å²) >= 11 is 0. The van der Waals surface area contributed by atoms with Crippen molar-refractivity contribution in [2.75, 3.05) is 4.72 Å². The van der Waals surface area contributed by atoms with Crippen LogP contribution in [0.25, 0.3) is 0 Å². The van der Waals surface area contributed by atoms with Gasteiger partial charge in [-0.25, -0.2) is 8.42 Å². The van der Waals surface area contributed by atoms with Crippen LogP contribution in [0.5, 0.6) is 0 Å². The van der Waals surface area contributed by atoms with Crippen LogP contribution in [0.2, 0.25) is 0 Å². The molecular weight excluding hydrogens is 252 g/mol. The minimum absolute atomic E-state index is 0.0716. The van der Waals surface area contributed by atoms with Gasteiger partial charge in [0.2, 0.25) is 10.0 Å². The van der Waals surface area contributed by atoms with Gasteiger partial charge in [0.05, 0.1) is 17.2 Å². The first-order chi connectivity index (χ1) is 8.44. The maximum absolute atomic E-state index is 11.6. The SMILES string of the molecule is CC(C#N)S(=O)(=O)Nc1ccc(C#N)c(C#N)c1. The molecule has 0 aliphatic carbocycles. The Morgan fingerprint density at radius 2 is 1.78 bits per heavy atom. The normalized spacial score (nSPS) is 11.7. The quantitative estimate of drug-likeness (QED) is 0.872. The van der Waals surface area contributed by atoms with Gasteiger partial charge in [-0.1, -0.05) is 0 Å². The molecule has 0 heterocycles. The Bertz CT molecular complexity index is 689. The molecule has 1 N–H and O–H groups in total. The zero-order valence-electron chi connectivity index (χ0n) is 9.38. The minimum atomic E-state index is -3.81. The fraction of sp³-hybridized carbons (Fsp3) is 0.182. The highest BCUT2D eigenvalue weighted by Gasteiger charge is 2.20. The summed E-state index contributed by atoms with van der Waals surface area (Å²) in [4.78, 5) is 0. The number of nitrogens with zero attached hydrogens (tertiary/aromatic N) is 3. The van der Waals surface area contributed by atoms with Crippen molar-refractivity contribution in [3.05, 3.63) is 29.3 Å². The van der Waals surface area contributed by atoms with E-state index in [4.69, 9.17) is 15.8 Å². The van der Waals surface area contributed by atoms with Crippen molar-refractivity contribution < 1.29 is 8.42 Å². The number of rotatable bonds is 3. The Morgan fingerprint density at radius 3 is 2.28 bits per heavy atom. The molecule has 0 saturated carbocycles. The summed E-state index contributed by atoms with van der Waals surface area (Å²) in [6, 6.07) is 9.17. The van der Waals surface area contributed by atoms with Gasteiger partial charge in [-0.2, -0.15) is 15.8 Å². The van der Waals surface area contributed by atoms with Gasteiger partial charge >= 0.3 is 0 Å². The fourth-order valence-corrected chi connectivity index (χ4v) is 1.89. The molecule has 0 fully saturated rings. The highest BCUT2D eigenvalue weighted by molar-refractivity contribution is 7.93. The van der Waals surface area contributed by atoms with E-state index in [0.717, 1.165) is 0 Å². The topological polar surface area (TPSA) is 118 Å². The highest BCUT2D eigenvalue weighted by Crippen LogP contribution is 2.17. The summed E-state index contributed by atoms with van der Waals surface area (Å²) in [5, 5.41) is 24.9. The summed E-state index contributed by atoms with van der Waals surface area (Å²) in [7, 11) is -3.81. The molecule has 0 amide bonds. The fourth-order valence-electron chi connectivity index (χ4n) is 1.12. The van der Waals surface area contributed by atoms with Crippen LogP contribution < -0.4 is 4.72 Å². The molecule has 18 heavy (non-hydrogen) atoms. The van der Waals surface area contributed by atoms with Crippen LogP contribution in [-0.4, -0.2) is 13.7 Å². The van der Waals surface area contributed by atoms with Gasteiger partial charge in [0.25, 0.3) is 0 Å². The van der Waals surface area contributed by atoms with Crippen LogP contribution in [0.3, 0.4) is 0 Å². The third-order valence-electron chi connectivity index (χ3n) is 2.17. The predicted molar refractivity (Wildman–Crippen MR) is 63.5 cm³/mol. The van der Waals surface area contributed by atoms with Crippen molar-refractivity contribution in [2.45, 2.75) is 12.2 Å². The van der Waals surface area contributed by atoms with Crippen LogP contribution in [0.4, 0.5) is 5.69 Å². The molecule has 0 aliphatic heterocycles. The van der Waals surface area contributed by atoms with E-state index in [-0.39, 0.29) is 16.8 Å². The van der Waals surface area contributed by atoms with Gasteiger partial charge in [-0.3, -0.25) is 4.72 Å². The molecule has 0 aromatic heterocycles. The lowest BCUT2D eigenvalue weighted by Gasteiger charge is -2.09. The van der Waals surface area contributed by atoms with E-state index in [0.29, 0.717) is 0 Å². The molecule has 6 nitrogen and oxygen atoms in total. The average Bonchev–Trinajstić information content (AvgIpc) is 2.36. The van der Waals surface area contributed by atoms with Gasteiger partial charge in [0.15, 0.2) is 5.25 Å². The zero-order valence-corrected chi connectivity index (χ0v) is 10.2. The molecule has 0 bridgehead atoms. The van der Waals surface area contributed by atoms with Crippen LogP contribution in [0, 0.1) is 34.0 Å². The summed E-state index contributed by atoms with van der Waals surface area (Å²) in [6.45, 7) is 1.25. The second kappa shape index (κ2) is 5.18. The Kier molecular flexibility index (Phi) is 3.89. The lowest BCUT2D eigenvalue weighted by molar-refractivity contribution is 0.597. The molecule has 1 aromatic carbocycles. The number of anilines is 1. The van der Waals surface area contributed by atoms with Gasteiger partial charge in [-0.15, -0.1) is 0 Å². The first kappa shape index (κ1) is 13.5. The first-order valence-corrected chi connectivity index (χ1v) is 6.34. The Labute approximate surface area is 105 Å². The van der Waals surface area contributed by atoms with Gasteiger partial charge < -0.3 is 0 Å². The van der Waals surface area contributed by atoms with Crippen LogP contribution >= 0.6 is 0 Å². The minimum Gasteiger partial charge on any atom is -0.282 e. The smallest absolute Gasteiger partial charge is 0.248 e. The molecule has 0 saturated heterocycles. The standard InChI is InChI=1S/C11H8N4O2S/c1-8(5-12)18(16,17)15-11-3-2-9(6-13)10(4-11)7-14/h2-4,8,15H,1H3. The van der Waals surface area contributed by atoms with Gasteiger partial charge in [0.1, 0.15) is 12.1 Å². The monoisotopic (exact) mass is 260 g/mol. The van der Waals surface area contributed by atoms with E-state index in [1.54, 1.807) is 12.1 Å². The molecule has 0 radical (unpaired) electrons. The van der Waals surface area contributed by atoms with Crippen LogP contribution in [0.1, 0.15) is 18.1 Å². The van der Waals surface area contributed by atoms with Crippen molar-refractivity contribution in [1.82, 2.24) is 0 Å². The van der Waals surface area contributed by atoms with E-state index < -0.39 is 15.3 Å². The second-order valence-corrected chi connectivity index (χ2v) is 5.40. The maximum atomic E-state index is 11.6. The Balaban J connectivity index is 3.14. The van der Waals surface area contributed by atoms with Crippen molar-refractivity contribution in [2.24, 2.45) is 0 Å². The van der Waals surface area contributed by atoms with E-state index in [9.17, 15) is 8.42 Å². The molecule has 0 spiro atoms. The zero-order chi connectivity index (χ0) is 13.8. The summed E-state index contributed by atoms with van der Waals surface area (Å²) in [5.41, 5.74) is 0.378. The Hall–Kier alpha value is -2.56. The van der Waals surface area contributed by atoms with Gasteiger partial charge in [0, 0.05) is 5.69 Å². The lowest BCUT2D eigenvalue weighted by Crippen LogP contribution is -2.23. The van der Waals surface area contributed by atoms with E-state index >= 15 is 0 Å². The van der Waals surface area contributed by atoms with E-state index in [1.807, 2.05) is 6.07 Å². The van der Waals surface area contributed by atoms with E-state index in [1.165, 1.54) is 25.1 Å². The predicted octanol–water partition coefficient (Wildman–Crippen LogP) is 1.08. The number of hydrogen-bond acceptors (Lipinski definition) is 5. The largest absolute Gasteiger partial charge is 0.282 e.